The van der Waals surface area contributed by atoms with Gasteiger partial charge in [-0.1, -0.05) is 57.0 Å². The highest BCUT2D eigenvalue weighted by molar-refractivity contribution is 5.87. The number of amides is 1. The number of carboxylic acids is 1. The number of carbonyl (C=O) groups excluding carboxylic acids is 1. The van der Waals surface area contributed by atoms with Gasteiger partial charge < -0.3 is 10.4 Å². The fourth-order valence-corrected chi connectivity index (χ4v) is 3.27. The third-order valence-corrected chi connectivity index (χ3v) is 5.21. The molecule has 0 bridgehead atoms. The Balaban J connectivity index is 1.87. The number of piperidine rings is 1. The first-order chi connectivity index (χ1) is 11.9. The summed E-state index contributed by atoms with van der Waals surface area (Å²) in [7, 11) is 0. The lowest BCUT2D eigenvalue weighted by molar-refractivity contribution is -0.144. The molecular formula is C20H30N2O3. The molecule has 1 heterocycles. The fraction of sp³-hybridized carbons (Fsp3) is 0.600. The van der Waals surface area contributed by atoms with Crippen LogP contribution >= 0.6 is 0 Å². The Kier molecular flexibility index (Phi) is 7.00. The van der Waals surface area contributed by atoms with Gasteiger partial charge in [0.05, 0.1) is 0 Å². The largest absolute Gasteiger partial charge is 0.480 e. The average molecular weight is 346 g/mol. The van der Waals surface area contributed by atoms with Gasteiger partial charge in [-0.15, -0.1) is 0 Å². The number of aliphatic carboxylic acids is 1. The Morgan fingerprint density at radius 1 is 1.24 bits per heavy atom. The Labute approximate surface area is 150 Å². The summed E-state index contributed by atoms with van der Waals surface area (Å²) in [6.45, 7) is 6.58. The van der Waals surface area contributed by atoms with E-state index in [0.717, 1.165) is 45.3 Å². The van der Waals surface area contributed by atoms with E-state index in [4.69, 9.17) is 0 Å². The monoisotopic (exact) mass is 346 g/mol. The molecule has 2 N–H and O–H groups in total. The average Bonchev–Trinajstić information content (AvgIpc) is 2.61. The predicted octanol–water partition coefficient (Wildman–Crippen LogP) is 3.05. The Morgan fingerprint density at radius 2 is 1.88 bits per heavy atom. The summed E-state index contributed by atoms with van der Waals surface area (Å²) < 4.78 is 0. The van der Waals surface area contributed by atoms with Crippen LogP contribution in [0, 0.1) is 5.41 Å². The zero-order chi connectivity index (χ0) is 18.3. The number of nitrogens with one attached hydrogen (secondary N) is 1. The molecule has 0 unspecified atom stereocenters. The van der Waals surface area contributed by atoms with Crippen molar-refractivity contribution in [3.63, 3.8) is 0 Å². The molecule has 1 aromatic rings. The number of nitrogens with zero attached hydrogens (tertiary/aromatic N) is 1. The summed E-state index contributed by atoms with van der Waals surface area (Å²) in [5.74, 6) is -1.05. The van der Waals surface area contributed by atoms with Crippen molar-refractivity contribution >= 4 is 11.9 Å². The van der Waals surface area contributed by atoms with Crippen LogP contribution in [0.2, 0.25) is 0 Å². The second-order valence-electron chi connectivity index (χ2n) is 7.33. The van der Waals surface area contributed by atoms with Gasteiger partial charge in [-0.05, 0) is 37.9 Å². The number of carbonyl (C=O) groups is 2. The number of hydrogen-bond acceptors (Lipinski definition) is 3. The summed E-state index contributed by atoms with van der Waals surface area (Å²) in [5, 5.41) is 12.1. The van der Waals surface area contributed by atoms with Gasteiger partial charge in [0.25, 0.3) is 0 Å². The van der Waals surface area contributed by atoms with E-state index in [1.807, 2.05) is 32.0 Å². The first kappa shape index (κ1) is 19.4. The molecule has 0 saturated carbocycles. The summed E-state index contributed by atoms with van der Waals surface area (Å²) in [6.07, 6.45) is 3.73. The van der Waals surface area contributed by atoms with E-state index in [1.54, 1.807) is 0 Å². The van der Waals surface area contributed by atoms with Gasteiger partial charge in [0, 0.05) is 12.0 Å². The van der Waals surface area contributed by atoms with Crippen LogP contribution in [0.4, 0.5) is 0 Å². The minimum atomic E-state index is -0.938. The van der Waals surface area contributed by atoms with E-state index in [-0.39, 0.29) is 5.91 Å². The van der Waals surface area contributed by atoms with Crippen molar-refractivity contribution in [2.75, 3.05) is 13.1 Å². The third-order valence-electron chi connectivity index (χ3n) is 5.21. The molecule has 5 nitrogen and oxygen atoms in total. The Bertz CT molecular complexity index is 566. The summed E-state index contributed by atoms with van der Waals surface area (Å²) in [4.78, 5) is 26.4. The zero-order valence-electron chi connectivity index (χ0n) is 15.3. The van der Waals surface area contributed by atoms with Crippen LogP contribution < -0.4 is 5.32 Å². The van der Waals surface area contributed by atoms with Gasteiger partial charge in [-0.2, -0.15) is 0 Å². The van der Waals surface area contributed by atoms with Crippen LogP contribution in [0.15, 0.2) is 30.3 Å². The molecule has 1 aliphatic rings. The molecule has 1 aliphatic heterocycles. The third kappa shape index (κ3) is 5.56. The van der Waals surface area contributed by atoms with Crippen molar-refractivity contribution in [3.8, 4) is 0 Å². The maximum Gasteiger partial charge on any atom is 0.326 e. The van der Waals surface area contributed by atoms with Crippen molar-refractivity contribution in [1.82, 2.24) is 10.2 Å². The number of carboxylic acid groups (broad SMARTS) is 1. The van der Waals surface area contributed by atoms with Crippen molar-refractivity contribution in [1.29, 1.82) is 0 Å². The molecule has 0 aliphatic carbocycles. The molecule has 1 fully saturated rings. The van der Waals surface area contributed by atoms with Crippen molar-refractivity contribution < 1.29 is 14.7 Å². The Hall–Kier alpha value is -1.88. The molecule has 0 radical (unpaired) electrons. The Morgan fingerprint density at radius 3 is 2.44 bits per heavy atom. The minimum absolute atomic E-state index is 0.115. The number of benzene rings is 1. The maximum absolute atomic E-state index is 12.7. The van der Waals surface area contributed by atoms with Crippen LogP contribution in [-0.2, 0) is 16.1 Å². The SMILES string of the molecule is CCCC[C@H](NC(=O)C1(C)CCN(Cc2ccccc2)CC1)C(=O)O. The van der Waals surface area contributed by atoms with Crippen LogP contribution in [0.25, 0.3) is 0 Å². The van der Waals surface area contributed by atoms with Gasteiger partial charge in [0.15, 0.2) is 0 Å². The molecule has 0 spiro atoms. The summed E-state index contributed by atoms with van der Waals surface area (Å²) in [5.41, 5.74) is 0.800. The first-order valence-electron chi connectivity index (χ1n) is 9.24. The molecule has 5 heteroatoms. The van der Waals surface area contributed by atoms with Crippen LogP contribution in [0.1, 0.15) is 51.5 Å². The minimum Gasteiger partial charge on any atom is -0.480 e. The van der Waals surface area contributed by atoms with Gasteiger partial charge in [-0.3, -0.25) is 9.69 Å². The van der Waals surface area contributed by atoms with Crippen LogP contribution in [0.5, 0.6) is 0 Å². The standard InChI is InChI=1S/C20H30N2O3/c1-3-4-10-17(18(23)24)21-19(25)20(2)11-13-22(14-12-20)15-16-8-6-5-7-9-16/h5-9,17H,3-4,10-15H2,1-2H3,(H,21,25)(H,23,24)/t17-/m0/s1. The molecule has 138 valence electrons. The molecule has 1 saturated heterocycles. The van der Waals surface area contributed by atoms with E-state index >= 15 is 0 Å². The molecule has 25 heavy (non-hydrogen) atoms. The van der Waals surface area contributed by atoms with Gasteiger partial charge >= 0.3 is 5.97 Å². The van der Waals surface area contributed by atoms with E-state index in [2.05, 4.69) is 22.3 Å². The second kappa shape index (κ2) is 8.99. The molecule has 1 atom stereocenters. The van der Waals surface area contributed by atoms with E-state index in [1.165, 1.54) is 5.56 Å². The van der Waals surface area contributed by atoms with Crippen LogP contribution in [0.3, 0.4) is 0 Å². The molecule has 0 aromatic heterocycles. The van der Waals surface area contributed by atoms with Crippen molar-refractivity contribution in [2.45, 2.75) is 58.5 Å². The van der Waals surface area contributed by atoms with Crippen molar-refractivity contribution in [3.05, 3.63) is 35.9 Å². The molecular weight excluding hydrogens is 316 g/mol. The highest BCUT2D eigenvalue weighted by atomic mass is 16.4. The number of unbranched alkanes of at least 4 members (excludes halogenated alkanes) is 1. The number of likely N-dealkylation sites (tertiary alicyclic amines) is 1. The smallest absolute Gasteiger partial charge is 0.326 e. The summed E-state index contributed by atoms with van der Waals surface area (Å²) in [6, 6.07) is 9.56. The molecule has 2 rings (SSSR count). The highest BCUT2D eigenvalue weighted by Gasteiger charge is 2.38. The van der Waals surface area contributed by atoms with Gasteiger partial charge in [0.2, 0.25) is 5.91 Å². The van der Waals surface area contributed by atoms with E-state index in [9.17, 15) is 14.7 Å². The second-order valence-corrected chi connectivity index (χ2v) is 7.33. The quantitative estimate of drug-likeness (QED) is 0.759. The lowest BCUT2D eigenvalue weighted by Crippen LogP contribution is -2.51. The predicted molar refractivity (Wildman–Crippen MR) is 98.2 cm³/mol. The fourth-order valence-electron chi connectivity index (χ4n) is 3.27. The van der Waals surface area contributed by atoms with Crippen LogP contribution in [-0.4, -0.2) is 41.0 Å². The number of rotatable bonds is 8. The van der Waals surface area contributed by atoms with E-state index in [0.29, 0.717) is 6.42 Å². The van der Waals surface area contributed by atoms with E-state index < -0.39 is 17.4 Å². The zero-order valence-corrected chi connectivity index (χ0v) is 15.3. The van der Waals surface area contributed by atoms with Crippen molar-refractivity contribution in [2.24, 2.45) is 5.41 Å². The highest BCUT2D eigenvalue weighted by Crippen LogP contribution is 2.32. The topological polar surface area (TPSA) is 69.6 Å². The molecule has 1 amide bonds. The maximum atomic E-state index is 12.7. The first-order valence-corrected chi connectivity index (χ1v) is 9.24. The van der Waals surface area contributed by atoms with Gasteiger partial charge in [-0.25, -0.2) is 4.79 Å². The summed E-state index contributed by atoms with van der Waals surface area (Å²) >= 11 is 0. The van der Waals surface area contributed by atoms with Gasteiger partial charge in [0.1, 0.15) is 6.04 Å². The lowest BCUT2D eigenvalue weighted by Gasteiger charge is -2.38. The lowest BCUT2D eigenvalue weighted by atomic mass is 9.79. The number of hydrogen-bond donors (Lipinski definition) is 2. The normalized spacial score (nSPS) is 18.5. The molecule has 1 aromatic carbocycles.